The second-order valence-corrected chi connectivity index (χ2v) is 3.20. The summed E-state index contributed by atoms with van der Waals surface area (Å²) in [5.41, 5.74) is 6.47. The molecular formula is C10H13NO3. The number of hydrogen-bond acceptors (Lipinski definition) is 3. The van der Waals surface area contributed by atoms with Gasteiger partial charge in [0.05, 0.1) is 17.7 Å². The number of benzene rings is 1. The molecule has 0 bridgehead atoms. The van der Waals surface area contributed by atoms with E-state index in [2.05, 4.69) is 0 Å². The van der Waals surface area contributed by atoms with Gasteiger partial charge in [-0.3, -0.25) is 0 Å². The minimum absolute atomic E-state index is 0.179. The van der Waals surface area contributed by atoms with Crippen LogP contribution in [0.5, 0.6) is 0 Å². The third-order valence-electron chi connectivity index (χ3n) is 2.04. The molecule has 1 aromatic rings. The zero-order valence-electron chi connectivity index (χ0n) is 7.84. The lowest BCUT2D eigenvalue weighted by atomic mass is 10.0. The maximum absolute atomic E-state index is 10.6. The molecular weight excluding hydrogens is 182 g/mol. The van der Waals surface area contributed by atoms with Gasteiger partial charge >= 0.3 is 5.97 Å². The highest BCUT2D eigenvalue weighted by molar-refractivity contribution is 5.87. The number of rotatable bonds is 3. The van der Waals surface area contributed by atoms with Gasteiger partial charge in [0.1, 0.15) is 0 Å². The van der Waals surface area contributed by atoms with Gasteiger partial charge in [-0.05, 0) is 24.6 Å². The van der Waals surface area contributed by atoms with Crippen LogP contribution in [0.4, 0.5) is 0 Å². The van der Waals surface area contributed by atoms with Crippen LogP contribution in [0.15, 0.2) is 24.3 Å². The van der Waals surface area contributed by atoms with Crippen LogP contribution in [0.25, 0.3) is 0 Å². The van der Waals surface area contributed by atoms with Gasteiger partial charge < -0.3 is 15.9 Å². The van der Waals surface area contributed by atoms with Crippen LogP contribution in [0.1, 0.15) is 28.9 Å². The molecule has 0 heterocycles. The first kappa shape index (κ1) is 10.7. The number of aliphatic hydroxyl groups excluding tert-OH is 1. The first-order valence-corrected chi connectivity index (χ1v) is 4.29. The van der Waals surface area contributed by atoms with Gasteiger partial charge in [0.15, 0.2) is 0 Å². The molecule has 0 radical (unpaired) electrons. The van der Waals surface area contributed by atoms with Crippen molar-refractivity contribution in [2.45, 2.75) is 19.1 Å². The van der Waals surface area contributed by atoms with E-state index < -0.39 is 18.1 Å². The molecule has 0 aliphatic carbocycles. The van der Waals surface area contributed by atoms with E-state index in [1.54, 1.807) is 19.1 Å². The van der Waals surface area contributed by atoms with E-state index in [4.69, 9.17) is 10.8 Å². The standard InChI is InChI=1S/C10H13NO3/c1-6(12)9(11)7-3-2-4-8(5-7)10(13)14/h2-6,9,12H,11H2,1H3,(H,13,14)/t6-,9-/m0/s1. The monoisotopic (exact) mass is 195 g/mol. The van der Waals surface area contributed by atoms with E-state index >= 15 is 0 Å². The van der Waals surface area contributed by atoms with Gasteiger partial charge in [-0.25, -0.2) is 4.79 Å². The van der Waals surface area contributed by atoms with Gasteiger partial charge in [-0.15, -0.1) is 0 Å². The van der Waals surface area contributed by atoms with E-state index in [9.17, 15) is 9.90 Å². The number of hydrogen-bond donors (Lipinski definition) is 3. The number of aromatic carboxylic acids is 1. The fourth-order valence-electron chi connectivity index (χ4n) is 1.16. The Balaban J connectivity index is 2.99. The van der Waals surface area contributed by atoms with Crippen molar-refractivity contribution in [2.24, 2.45) is 5.73 Å². The topological polar surface area (TPSA) is 83.5 Å². The Kier molecular flexibility index (Phi) is 3.22. The molecule has 4 heteroatoms. The maximum Gasteiger partial charge on any atom is 0.335 e. The second-order valence-electron chi connectivity index (χ2n) is 3.20. The second kappa shape index (κ2) is 4.21. The quantitative estimate of drug-likeness (QED) is 0.665. The van der Waals surface area contributed by atoms with Crippen molar-refractivity contribution in [3.63, 3.8) is 0 Å². The molecule has 0 aromatic heterocycles. The molecule has 76 valence electrons. The molecule has 0 fully saturated rings. The van der Waals surface area contributed by atoms with Crippen LogP contribution in [-0.4, -0.2) is 22.3 Å². The van der Waals surface area contributed by atoms with E-state index in [0.29, 0.717) is 5.56 Å². The molecule has 2 atom stereocenters. The summed E-state index contributed by atoms with van der Waals surface area (Å²) in [7, 11) is 0. The molecule has 0 saturated carbocycles. The molecule has 0 saturated heterocycles. The first-order valence-electron chi connectivity index (χ1n) is 4.29. The summed E-state index contributed by atoms with van der Waals surface area (Å²) in [5, 5.41) is 18.0. The minimum Gasteiger partial charge on any atom is -0.478 e. The lowest BCUT2D eigenvalue weighted by Crippen LogP contribution is -2.23. The fourth-order valence-corrected chi connectivity index (χ4v) is 1.16. The fraction of sp³-hybridized carbons (Fsp3) is 0.300. The highest BCUT2D eigenvalue weighted by atomic mass is 16.4. The Hall–Kier alpha value is -1.39. The number of nitrogens with two attached hydrogens (primary N) is 1. The molecule has 0 unspecified atom stereocenters. The van der Waals surface area contributed by atoms with Crippen molar-refractivity contribution in [1.82, 2.24) is 0 Å². The number of aliphatic hydroxyl groups is 1. The lowest BCUT2D eigenvalue weighted by molar-refractivity contribution is 0.0696. The zero-order chi connectivity index (χ0) is 10.7. The third-order valence-corrected chi connectivity index (χ3v) is 2.04. The number of carbonyl (C=O) groups is 1. The molecule has 0 spiro atoms. The molecule has 0 aliphatic rings. The summed E-state index contributed by atoms with van der Waals surface area (Å²) >= 11 is 0. The maximum atomic E-state index is 10.6. The average molecular weight is 195 g/mol. The highest BCUT2D eigenvalue weighted by Gasteiger charge is 2.13. The van der Waals surface area contributed by atoms with Crippen molar-refractivity contribution < 1.29 is 15.0 Å². The van der Waals surface area contributed by atoms with Crippen LogP contribution in [0, 0.1) is 0 Å². The van der Waals surface area contributed by atoms with Gasteiger partial charge in [-0.2, -0.15) is 0 Å². The van der Waals surface area contributed by atoms with Crippen molar-refractivity contribution >= 4 is 5.97 Å². The van der Waals surface area contributed by atoms with E-state index in [-0.39, 0.29) is 5.56 Å². The Morgan fingerprint density at radius 1 is 1.50 bits per heavy atom. The normalized spacial score (nSPS) is 14.8. The highest BCUT2D eigenvalue weighted by Crippen LogP contribution is 2.15. The van der Waals surface area contributed by atoms with Crippen molar-refractivity contribution in [2.75, 3.05) is 0 Å². The first-order chi connectivity index (χ1) is 6.52. The van der Waals surface area contributed by atoms with Crippen LogP contribution in [0.2, 0.25) is 0 Å². The van der Waals surface area contributed by atoms with Crippen LogP contribution >= 0.6 is 0 Å². The summed E-state index contributed by atoms with van der Waals surface area (Å²) in [6, 6.07) is 5.72. The Labute approximate surface area is 82.0 Å². The minimum atomic E-state index is -0.996. The van der Waals surface area contributed by atoms with Crippen molar-refractivity contribution in [1.29, 1.82) is 0 Å². The van der Waals surface area contributed by atoms with Crippen molar-refractivity contribution in [3.8, 4) is 0 Å². The summed E-state index contributed by atoms with van der Waals surface area (Å²) in [5.74, 6) is -0.996. The van der Waals surface area contributed by atoms with Gasteiger partial charge in [0.2, 0.25) is 0 Å². The molecule has 4 N–H and O–H groups in total. The molecule has 0 amide bonds. The SMILES string of the molecule is C[C@H](O)[C@H](N)c1cccc(C(=O)O)c1. The third kappa shape index (κ3) is 2.31. The molecule has 1 rings (SSSR count). The van der Waals surface area contributed by atoms with Gasteiger partial charge in [-0.1, -0.05) is 12.1 Å². The average Bonchev–Trinajstić information content (AvgIpc) is 2.16. The summed E-state index contributed by atoms with van der Waals surface area (Å²) < 4.78 is 0. The number of carboxylic acid groups (broad SMARTS) is 1. The van der Waals surface area contributed by atoms with E-state index in [1.807, 2.05) is 0 Å². The zero-order valence-corrected chi connectivity index (χ0v) is 7.84. The predicted molar refractivity (Wildman–Crippen MR) is 52.0 cm³/mol. The van der Waals surface area contributed by atoms with Crippen LogP contribution < -0.4 is 5.73 Å². The van der Waals surface area contributed by atoms with Crippen molar-refractivity contribution in [3.05, 3.63) is 35.4 Å². The summed E-state index contributed by atoms with van der Waals surface area (Å²) in [6.45, 7) is 1.57. The van der Waals surface area contributed by atoms with E-state index in [1.165, 1.54) is 12.1 Å². The largest absolute Gasteiger partial charge is 0.478 e. The smallest absolute Gasteiger partial charge is 0.335 e. The Morgan fingerprint density at radius 2 is 2.14 bits per heavy atom. The molecule has 14 heavy (non-hydrogen) atoms. The summed E-state index contributed by atoms with van der Waals surface area (Å²) in [4.78, 5) is 10.6. The Bertz CT molecular complexity index is 336. The summed E-state index contributed by atoms with van der Waals surface area (Å²) in [6.07, 6.45) is -0.695. The molecule has 4 nitrogen and oxygen atoms in total. The molecule has 0 aliphatic heterocycles. The van der Waals surface area contributed by atoms with Crippen LogP contribution in [-0.2, 0) is 0 Å². The number of carboxylic acids is 1. The van der Waals surface area contributed by atoms with Crippen LogP contribution in [0.3, 0.4) is 0 Å². The lowest BCUT2D eigenvalue weighted by Gasteiger charge is -2.15. The molecule has 1 aromatic carbocycles. The van der Waals surface area contributed by atoms with Gasteiger partial charge in [0.25, 0.3) is 0 Å². The van der Waals surface area contributed by atoms with E-state index in [0.717, 1.165) is 0 Å². The Morgan fingerprint density at radius 3 is 2.64 bits per heavy atom. The van der Waals surface area contributed by atoms with Gasteiger partial charge in [0, 0.05) is 0 Å². The predicted octanol–water partition coefficient (Wildman–Crippen LogP) is 0.765.